The van der Waals surface area contributed by atoms with Gasteiger partial charge in [-0.2, -0.15) is 0 Å². The Hall–Kier alpha value is -1.92. The van der Waals surface area contributed by atoms with Crippen LogP contribution in [-0.2, 0) is 10.2 Å². The van der Waals surface area contributed by atoms with Gasteiger partial charge in [0.25, 0.3) is 5.56 Å². The van der Waals surface area contributed by atoms with E-state index in [2.05, 4.69) is 25.8 Å². The Kier molecular flexibility index (Phi) is 4.41. The molecule has 0 aromatic carbocycles. The fourth-order valence-electron chi connectivity index (χ4n) is 1.33. The largest absolute Gasteiger partial charge is 0.355 e. The molecule has 1 amide bonds. The number of aromatic amines is 1. The average Bonchev–Trinajstić information content (AvgIpc) is 2.22. The first kappa shape index (κ1) is 14.1. The molecule has 0 unspecified atom stereocenters. The molecule has 0 aliphatic heterocycles. The monoisotopic (exact) mass is 253 g/mol. The molecule has 1 heterocycles. The van der Waals surface area contributed by atoms with E-state index in [1.165, 1.54) is 6.92 Å². The van der Waals surface area contributed by atoms with Gasteiger partial charge in [-0.25, -0.2) is 0 Å². The number of hydrogen-bond donors (Lipinski definition) is 3. The number of nitrogens with one attached hydrogen (secondary N) is 3. The number of rotatable bonds is 4. The van der Waals surface area contributed by atoms with Crippen LogP contribution in [0.3, 0.4) is 0 Å². The number of amides is 1. The molecule has 0 bridgehead atoms. The Labute approximate surface area is 105 Å². The van der Waals surface area contributed by atoms with Crippen LogP contribution in [0.5, 0.6) is 0 Å². The predicted octanol–water partition coefficient (Wildman–Crippen LogP) is 0.0104. The molecule has 0 saturated heterocycles. The Morgan fingerprint density at radius 2 is 1.94 bits per heavy atom. The van der Waals surface area contributed by atoms with Crippen LogP contribution in [0.15, 0.2) is 4.79 Å². The fourth-order valence-corrected chi connectivity index (χ4v) is 1.33. The van der Waals surface area contributed by atoms with E-state index in [9.17, 15) is 9.59 Å². The lowest BCUT2D eigenvalue weighted by molar-refractivity contribution is -0.118. The Bertz CT molecular complexity index is 475. The van der Waals surface area contributed by atoms with Crippen molar-refractivity contribution in [3.8, 4) is 0 Å². The van der Waals surface area contributed by atoms with Crippen molar-refractivity contribution >= 4 is 11.9 Å². The molecule has 0 saturated carbocycles. The number of carbonyl (C=O) groups is 1. The van der Waals surface area contributed by atoms with Gasteiger partial charge in [0.1, 0.15) is 5.69 Å². The zero-order chi connectivity index (χ0) is 13.8. The summed E-state index contributed by atoms with van der Waals surface area (Å²) in [5.41, 5.74) is -0.190. The van der Waals surface area contributed by atoms with Crippen LogP contribution < -0.4 is 16.2 Å². The van der Waals surface area contributed by atoms with Crippen LogP contribution in [0.2, 0.25) is 0 Å². The predicted molar refractivity (Wildman–Crippen MR) is 68.5 cm³/mol. The highest BCUT2D eigenvalue weighted by molar-refractivity contribution is 5.72. The zero-order valence-electron chi connectivity index (χ0n) is 11.1. The van der Waals surface area contributed by atoms with E-state index in [1.807, 2.05) is 20.8 Å². The summed E-state index contributed by atoms with van der Waals surface area (Å²) in [6, 6.07) is 0. The summed E-state index contributed by atoms with van der Waals surface area (Å²) < 4.78 is 0. The van der Waals surface area contributed by atoms with E-state index in [0.717, 1.165) is 0 Å². The topological polar surface area (TPSA) is 99.8 Å². The molecule has 0 aliphatic rings. The Morgan fingerprint density at radius 1 is 1.28 bits per heavy atom. The molecule has 1 rings (SSSR count). The van der Waals surface area contributed by atoms with Gasteiger partial charge in [-0.3, -0.25) is 14.6 Å². The Balaban J connectivity index is 2.63. The number of nitrogens with zero attached hydrogens (tertiary/aromatic N) is 2. The Morgan fingerprint density at radius 3 is 2.44 bits per heavy atom. The SMILES string of the molecule is CC(=O)NCCNc1nnc(C(C)(C)C)c(=O)[nH]1. The van der Waals surface area contributed by atoms with E-state index >= 15 is 0 Å². The molecular weight excluding hydrogens is 234 g/mol. The molecule has 0 atom stereocenters. The van der Waals surface area contributed by atoms with E-state index in [0.29, 0.717) is 24.7 Å². The third-order valence-electron chi connectivity index (χ3n) is 2.20. The van der Waals surface area contributed by atoms with Crippen molar-refractivity contribution in [1.29, 1.82) is 0 Å². The molecule has 7 nitrogen and oxygen atoms in total. The van der Waals surface area contributed by atoms with Crippen molar-refractivity contribution in [1.82, 2.24) is 20.5 Å². The molecule has 100 valence electrons. The van der Waals surface area contributed by atoms with Gasteiger partial charge in [-0.15, -0.1) is 10.2 Å². The summed E-state index contributed by atoms with van der Waals surface area (Å²) in [5.74, 6) is 0.206. The quantitative estimate of drug-likeness (QED) is 0.656. The first-order valence-corrected chi connectivity index (χ1v) is 5.76. The number of H-pyrrole nitrogens is 1. The average molecular weight is 253 g/mol. The summed E-state index contributed by atoms with van der Waals surface area (Å²) in [7, 11) is 0. The fraction of sp³-hybridized carbons (Fsp3) is 0.636. The highest BCUT2D eigenvalue weighted by Gasteiger charge is 2.20. The molecular formula is C11H19N5O2. The molecule has 7 heteroatoms. The first-order chi connectivity index (χ1) is 8.30. The molecule has 3 N–H and O–H groups in total. The van der Waals surface area contributed by atoms with Crippen molar-refractivity contribution < 1.29 is 4.79 Å². The van der Waals surface area contributed by atoms with Crippen LogP contribution in [0, 0.1) is 0 Å². The molecule has 0 fully saturated rings. The maximum absolute atomic E-state index is 11.8. The second kappa shape index (κ2) is 5.61. The third kappa shape index (κ3) is 4.15. The van der Waals surface area contributed by atoms with E-state index in [-0.39, 0.29) is 16.9 Å². The minimum Gasteiger partial charge on any atom is -0.355 e. The maximum Gasteiger partial charge on any atom is 0.274 e. The lowest BCUT2D eigenvalue weighted by Crippen LogP contribution is -2.30. The van der Waals surface area contributed by atoms with Gasteiger partial charge in [0, 0.05) is 25.4 Å². The van der Waals surface area contributed by atoms with Crippen LogP contribution in [-0.4, -0.2) is 34.2 Å². The third-order valence-corrected chi connectivity index (χ3v) is 2.20. The van der Waals surface area contributed by atoms with Crippen LogP contribution in [0.4, 0.5) is 5.95 Å². The van der Waals surface area contributed by atoms with Crippen LogP contribution >= 0.6 is 0 Å². The number of hydrogen-bond acceptors (Lipinski definition) is 5. The second-order valence-corrected chi connectivity index (χ2v) is 5.01. The van der Waals surface area contributed by atoms with E-state index in [1.54, 1.807) is 0 Å². The van der Waals surface area contributed by atoms with Crippen molar-refractivity contribution in [3.63, 3.8) is 0 Å². The highest BCUT2D eigenvalue weighted by Crippen LogP contribution is 2.15. The minimum absolute atomic E-state index is 0.0977. The smallest absolute Gasteiger partial charge is 0.274 e. The normalized spacial score (nSPS) is 11.1. The van der Waals surface area contributed by atoms with Gasteiger partial charge < -0.3 is 10.6 Å². The summed E-state index contributed by atoms with van der Waals surface area (Å²) in [5, 5.41) is 13.3. The maximum atomic E-state index is 11.8. The van der Waals surface area contributed by atoms with Gasteiger partial charge in [0.15, 0.2) is 0 Å². The number of anilines is 1. The van der Waals surface area contributed by atoms with Gasteiger partial charge >= 0.3 is 0 Å². The molecule has 1 aromatic rings. The highest BCUT2D eigenvalue weighted by atomic mass is 16.1. The van der Waals surface area contributed by atoms with Crippen LogP contribution in [0.1, 0.15) is 33.4 Å². The van der Waals surface area contributed by atoms with Crippen molar-refractivity contribution in [2.45, 2.75) is 33.1 Å². The molecule has 0 spiro atoms. The van der Waals surface area contributed by atoms with Crippen molar-refractivity contribution in [2.24, 2.45) is 0 Å². The minimum atomic E-state index is -0.338. The molecule has 0 radical (unpaired) electrons. The summed E-state index contributed by atoms with van der Waals surface area (Å²) in [4.78, 5) is 25.0. The summed E-state index contributed by atoms with van der Waals surface area (Å²) >= 11 is 0. The molecule has 18 heavy (non-hydrogen) atoms. The number of aromatic nitrogens is 3. The first-order valence-electron chi connectivity index (χ1n) is 5.76. The number of carbonyl (C=O) groups excluding carboxylic acids is 1. The van der Waals surface area contributed by atoms with E-state index < -0.39 is 0 Å². The molecule has 0 aliphatic carbocycles. The van der Waals surface area contributed by atoms with Gasteiger partial charge in [-0.1, -0.05) is 20.8 Å². The summed E-state index contributed by atoms with van der Waals surface area (Å²) in [6.45, 7) is 8.07. The standard InChI is InChI=1S/C11H19N5O2/c1-7(17)12-5-6-13-10-14-9(18)8(15-16-10)11(2,3)4/h5-6H2,1-4H3,(H,12,17)(H2,13,14,16,18). The lowest BCUT2D eigenvalue weighted by atomic mass is 9.93. The molecule has 1 aromatic heterocycles. The lowest BCUT2D eigenvalue weighted by Gasteiger charge is -2.15. The van der Waals surface area contributed by atoms with Crippen LogP contribution in [0.25, 0.3) is 0 Å². The van der Waals surface area contributed by atoms with Gasteiger partial charge in [0.2, 0.25) is 11.9 Å². The van der Waals surface area contributed by atoms with Gasteiger partial charge in [-0.05, 0) is 0 Å². The van der Waals surface area contributed by atoms with Gasteiger partial charge in [0.05, 0.1) is 0 Å². The summed E-state index contributed by atoms with van der Waals surface area (Å²) in [6.07, 6.45) is 0. The van der Waals surface area contributed by atoms with E-state index in [4.69, 9.17) is 0 Å². The van der Waals surface area contributed by atoms with Crippen molar-refractivity contribution in [3.05, 3.63) is 16.0 Å². The zero-order valence-corrected chi connectivity index (χ0v) is 11.1. The van der Waals surface area contributed by atoms with Crippen molar-refractivity contribution in [2.75, 3.05) is 18.4 Å². The second-order valence-electron chi connectivity index (χ2n) is 5.01.